The van der Waals surface area contributed by atoms with Gasteiger partial charge in [-0.1, -0.05) is 0 Å². The zero-order valence-corrected chi connectivity index (χ0v) is 5.96. The van der Waals surface area contributed by atoms with E-state index in [1.165, 1.54) is 0 Å². The maximum absolute atomic E-state index is 8.17. The Kier molecular flexibility index (Phi) is 3.34. The molecule has 0 bridgehead atoms. The van der Waals surface area contributed by atoms with Gasteiger partial charge in [0.05, 0.1) is 6.54 Å². The average molecular weight is 132 g/mol. The first-order chi connectivity index (χ1) is 4.12. The monoisotopic (exact) mass is 132 g/mol. The molecule has 1 N–H and O–H groups in total. The molecule has 0 aromatic carbocycles. The lowest BCUT2D eigenvalue weighted by molar-refractivity contribution is -0.311. The second-order valence-electron chi connectivity index (χ2n) is 2.10. The molecule has 0 aromatic rings. The molecule has 0 spiro atoms. The standard InChI is InChI=1S/C5H12N2O2/c1-4-6-7-5(2,3)9-8/h8H,4H2,1-3H3. The largest absolute Gasteiger partial charge is 0.249 e. The van der Waals surface area contributed by atoms with Crippen LogP contribution in [0, 0.1) is 0 Å². The second kappa shape index (κ2) is 3.53. The highest BCUT2D eigenvalue weighted by Gasteiger charge is 2.15. The number of hydrogen-bond donors (Lipinski definition) is 1. The summed E-state index contributed by atoms with van der Waals surface area (Å²) in [6, 6.07) is 0. The van der Waals surface area contributed by atoms with Crippen LogP contribution in [0.4, 0.5) is 0 Å². The van der Waals surface area contributed by atoms with Crippen molar-refractivity contribution in [3.63, 3.8) is 0 Å². The predicted molar refractivity (Wildman–Crippen MR) is 33.2 cm³/mol. The second-order valence-corrected chi connectivity index (χ2v) is 2.10. The van der Waals surface area contributed by atoms with Gasteiger partial charge >= 0.3 is 0 Å². The highest BCUT2D eigenvalue weighted by Crippen LogP contribution is 2.08. The molecule has 0 unspecified atom stereocenters. The lowest BCUT2D eigenvalue weighted by Gasteiger charge is -2.11. The van der Waals surface area contributed by atoms with Crippen molar-refractivity contribution in [3.8, 4) is 0 Å². The molecular weight excluding hydrogens is 120 g/mol. The van der Waals surface area contributed by atoms with E-state index in [1.807, 2.05) is 6.92 Å². The third-order valence-electron chi connectivity index (χ3n) is 0.676. The van der Waals surface area contributed by atoms with Gasteiger partial charge in [0.25, 0.3) is 0 Å². The molecule has 0 amide bonds. The maximum atomic E-state index is 8.17. The first-order valence-corrected chi connectivity index (χ1v) is 2.83. The molecule has 0 aromatic heterocycles. The molecule has 0 aliphatic heterocycles. The summed E-state index contributed by atoms with van der Waals surface area (Å²) >= 11 is 0. The first kappa shape index (κ1) is 8.52. The SMILES string of the molecule is CCN=NC(C)(C)OO. The normalized spacial score (nSPS) is 12.9. The number of rotatable bonds is 3. The minimum Gasteiger partial charge on any atom is -0.249 e. The van der Waals surface area contributed by atoms with Gasteiger partial charge < -0.3 is 0 Å². The van der Waals surface area contributed by atoms with Crippen LogP contribution in [0.5, 0.6) is 0 Å². The zero-order chi connectivity index (χ0) is 7.33. The van der Waals surface area contributed by atoms with E-state index in [4.69, 9.17) is 5.26 Å². The number of nitrogens with zero attached hydrogens (tertiary/aromatic N) is 2. The van der Waals surface area contributed by atoms with Crippen LogP contribution in [0.15, 0.2) is 10.2 Å². The quantitative estimate of drug-likeness (QED) is 0.361. The third kappa shape index (κ3) is 4.05. The minimum atomic E-state index is -0.893. The van der Waals surface area contributed by atoms with Gasteiger partial charge in [-0.05, 0) is 20.8 Å². The Morgan fingerprint density at radius 3 is 2.44 bits per heavy atom. The van der Waals surface area contributed by atoms with Crippen LogP contribution in [-0.2, 0) is 4.89 Å². The van der Waals surface area contributed by atoms with Gasteiger partial charge in [-0.3, -0.25) is 0 Å². The Morgan fingerprint density at radius 1 is 1.56 bits per heavy atom. The summed E-state index contributed by atoms with van der Waals surface area (Å²) in [6.45, 7) is 5.70. The lowest BCUT2D eigenvalue weighted by atomic mass is 10.3. The van der Waals surface area contributed by atoms with Gasteiger partial charge in [0.2, 0.25) is 5.72 Å². The van der Waals surface area contributed by atoms with Crippen molar-refractivity contribution in [2.75, 3.05) is 6.54 Å². The summed E-state index contributed by atoms with van der Waals surface area (Å²) in [5, 5.41) is 15.5. The molecule has 4 nitrogen and oxygen atoms in total. The van der Waals surface area contributed by atoms with E-state index in [9.17, 15) is 0 Å². The van der Waals surface area contributed by atoms with Gasteiger partial charge in [0, 0.05) is 0 Å². The maximum Gasteiger partial charge on any atom is 0.206 e. The van der Waals surface area contributed by atoms with Crippen LogP contribution in [0.3, 0.4) is 0 Å². The fourth-order valence-corrected chi connectivity index (χ4v) is 0.259. The van der Waals surface area contributed by atoms with Crippen molar-refractivity contribution in [3.05, 3.63) is 0 Å². The molecule has 0 radical (unpaired) electrons. The molecule has 9 heavy (non-hydrogen) atoms. The van der Waals surface area contributed by atoms with Crippen LogP contribution in [-0.4, -0.2) is 17.5 Å². The molecule has 0 heterocycles. The Labute approximate surface area is 54.5 Å². The van der Waals surface area contributed by atoms with Crippen molar-refractivity contribution < 1.29 is 10.1 Å². The zero-order valence-electron chi connectivity index (χ0n) is 5.96. The van der Waals surface area contributed by atoms with Gasteiger partial charge in [-0.25, -0.2) is 10.1 Å². The van der Waals surface area contributed by atoms with E-state index in [-0.39, 0.29) is 0 Å². The van der Waals surface area contributed by atoms with Crippen molar-refractivity contribution in [1.82, 2.24) is 0 Å². The molecule has 54 valence electrons. The Morgan fingerprint density at radius 2 is 2.11 bits per heavy atom. The number of hydrogen-bond acceptors (Lipinski definition) is 4. The van der Waals surface area contributed by atoms with E-state index in [1.54, 1.807) is 13.8 Å². The molecule has 0 saturated heterocycles. The number of azo groups is 1. The fourth-order valence-electron chi connectivity index (χ4n) is 0.259. The van der Waals surface area contributed by atoms with E-state index < -0.39 is 5.72 Å². The highest BCUT2D eigenvalue weighted by molar-refractivity contribution is 4.57. The van der Waals surface area contributed by atoms with Crippen molar-refractivity contribution in [1.29, 1.82) is 0 Å². The summed E-state index contributed by atoms with van der Waals surface area (Å²) in [4.78, 5) is 3.98. The summed E-state index contributed by atoms with van der Waals surface area (Å²) in [7, 11) is 0. The molecule has 0 aliphatic carbocycles. The van der Waals surface area contributed by atoms with E-state index in [0.717, 1.165) is 0 Å². The molecule has 0 saturated carbocycles. The summed E-state index contributed by atoms with van der Waals surface area (Å²) < 4.78 is 0. The van der Waals surface area contributed by atoms with Gasteiger partial charge in [-0.2, -0.15) is 10.2 Å². The van der Waals surface area contributed by atoms with Crippen LogP contribution < -0.4 is 0 Å². The molecule has 0 rings (SSSR count). The minimum absolute atomic E-state index is 0.604. The summed E-state index contributed by atoms with van der Waals surface area (Å²) in [6.07, 6.45) is 0. The van der Waals surface area contributed by atoms with E-state index >= 15 is 0 Å². The Bertz CT molecular complexity index is 101. The van der Waals surface area contributed by atoms with Crippen LogP contribution >= 0.6 is 0 Å². The predicted octanol–water partition coefficient (Wildman–Crippen LogP) is 1.68. The molecule has 0 aliphatic rings. The third-order valence-corrected chi connectivity index (χ3v) is 0.676. The topological polar surface area (TPSA) is 54.2 Å². The van der Waals surface area contributed by atoms with Crippen molar-refractivity contribution in [2.45, 2.75) is 26.5 Å². The van der Waals surface area contributed by atoms with Crippen LogP contribution in [0.25, 0.3) is 0 Å². The molecular formula is C5H12N2O2. The van der Waals surface area contributed by atoms with Crippen LogP contribution in [0.2, 0.25) is 0 Å². The van der Waals surface area contributed by atoms with Gasteiger partial charge in [0.15, 0.2) is 0 Å². The Balaban J connectivity index is 3.70. The average Bonchev–Trinajstić information content (AvgIpc) is 1.84. The van der Waals surface area contributed by atoms with Crippen LogP contribution in [0.1, 0.15) is 20.8 Å². The highest BCUT2D eigenvalue weighted by atomic mass is 17.1. The molecule has 4 heteroatoms. The van der Waals surface area contributed by atoms with Crippen molar-refractivity contribution >= 4 is 0 Å². The van der Waals surface area contributed by atoms with E-state index in [0.29, 0.717) is 6.54 Å². The van der Waals surface area contributed by atoms with Gasteiger partial charge in [0.1, 0.15) is 0 Å². The summed E-state index contributed by atoms with van der Waals surface area (Å²) in [5.74, 6) is 0. The summed E-state index contributed by atoms with van der Waals surface area (Å²) in [5.41, 5.74) is -0.893. The van der Waals surface area contributed by atoms with Gasteiger partial charge in [-0.15, -0.1) is 0 Å². The first-order valence-electron chi connectivity index (χ1n) is 2.83. The molecule has 0 atom stereocenters. The lowest BCUT2D eigenvalue weighted by Crippen LogP contribution is -2.18. The van der Waals surface area contributed by atoms with Crippen molar-refractivity contribution in [2.24, 2.45) is 10.2 Å². The fraction of sp³-hybridized carbons (Fsp3) is 1.00. The Hall–Kier alpha value is -0.480. The molecule has 0 fully saturated rings. The van der Waals surface area contributed by atoms with E-state index in [2.05, 4.69) is 15.1 Å². The smallest absolute Gasteiger partial charge is 0.206 e.